The summed E-state index contributed by atoms with van der Waals surface area (Å²) in [4.78, 5) is 0. The second-order valence-electron chi connectivity index (χ2n) is 4.44. The van der Waals surface area contributed by atoms with Crippen LogP contribution in [-0.4, -0.2) is 12.1 Å². The van der Waals surface area contributed by atoms with E-state index in [9.17, 15) is 0 Å². The fourth-order valence-corrected chi connectivity index (χ4v) is 1.29. The smallest absolute Gasteiger partial charge is 0.00966 e. The number of allylic oxidation sites excluding steroid dienone is 2. The lowest BCUT2D eigenvalue weighted by molar-refractivity contribution is 0.378. The Morgan fingerprint density at radius 1 is 1.27 bits per heavy atom. The minimum Gasteiger partial charge on any atom is -0.312 e. The predicted octanol–water partition coefficient (Wildman–Crippen LogP) is 2.34. The van der Waals surface area contributed by atoms with Crippen molar-refractivity contribution in [3.63, 3.8) is 0 Å². The summed E-state index contributed by atoms with van der Waals surface area (Å²) in [6.07, 6.45) is 7.11. The van der Waals surface area contributed by atoms with Crippen LogP contribution in [0, 0.1) is 5.92 Å². The van der Waals surface area contributed by atoms with Crippen molar-refractivity contribution < 1.29 is 0 Å². The molecule has 1 aliphatic carbocycles. The SMILES string of the molecule is CC(C)(C)NCC1CC=CC1. The van der Waals surface area contributed by atoms with Crippen molar-refractivity contribution in [3.8, 4) is 0 Å². The zero-order chi connectivity index (χ0) is 8.32. The van der Waals surface area contributed by atoms with Gasteiger partial charge in [0.05, 0.1) is 0 Å². The Bertz CT molecular complexity index is 133. The topological polar surface area (TPSA) is 12.0 Å². The first-order chi connectivity index (χ1) is 5.08. The first kappa shape index (κ1) is 8.79. The standard InChI is InChI=1S/C10H19N/c1-10(2,3)11-8-9-6-4-5-7-9/h4-5,9,11H,6-8H2,1-3H3. The molecule has 0 amide bonds. The maximum atomic E-state index is 3.52. The lowest BCUT2D eigenvalue weighted by atomic mass is 10.0. The number of hydrogen-bond acceptors (Lipinski definition) is 1. The highest BCUT2D eigenvalue weighted by Gasteiger charge is 2.14. The molecule has 1 N–H and O–H groups in total. The molecule has 0 aliphatic heterocycles. The van der Waals surface area contributed by atoms with Crippen molar-refractivity contribution in [1.82, 2.24) is 5.32 Å². The van der Waals surface area contributed by atoms with E-state index in [1.165, 1.54) is 12.8 Å². The van der Waals surface area contributed by atoms with Gasteiger partial charge in [-0.2, -0.15) is 0 Å². The van der Waals surface area contributed by atoms with Crippen LogP contribution in [0.3, 0.4) is 0 Å². The molecule has 64 valence electrons. The normalized spacial score (nSPS) is 19.5. The minimum absolute atomic E-state index is 0.280. The van der Waals surface area contributed by atoms with Crippen molar-refractivity contribution >= 4 is 0 Å². The van der Waals surface area contributed by atoms with E-state index in [4.69, 9.17) is 0 Å². The summed E-state index contributed by atoms with van der Waals surface area (Å²) >= 11 is 0. The molecular formula is C10H19N. The summed E-state index contributed by atoms with van der Waals surface area (Å²) in [6.45, 7) is 7.82. The van der Waals surface area contributed by atoms with Crippen molar-refractivity contribution in [2.45, 2.75) is 39.2 Å². The van der Waals surface area contributed by atoms with Crippen molar-refractivity contribution in [3.05, 3.63) is 12.2 Å². The van der Waals surface area contributed by atoms with Crippen molar-refractivity contribution in [2.75, 3.05) is 6.54 Å². The van der Waals surface area contributed by atoms with Gasteiger partial charge >= 0.3 is 0 Å². The van der Waals surface area contributed by atoms with Gasteiger partial charge in [0, 0.05) is 5.54 Å². The molecule has 1 aliphatic rings. The summed E-state index contributed by atoms with van der Waals surface area (Å²) in [7, 11) is 0. The second-order valence-corrected chi connectivity index (χ2v) is 4.44. The average molecular weight is 153 g/mol. The molecule has 1 heteroatoms. The van der Waals surface area contributed by atoms with Gasteiger partial charge in [-0.3, -0.25) is 0 Å². The van der Waals surface area contributed by atoms with E-state index in [1.807, 2.05) is 0 Å². The zero-order valence-electron chi connectivity index (χ0n) is 7.85. The van der Waals surface area contributed by atoms with E-state index in [2.05, 4.69) is 38.2 Å². The first-order valence-electron chi connectivity index (χ1n) is 4.48. The molecule has 0 spiro atoms. The van der Waals surface area contributed by atoms with Crippen LogP contribution in [0.1, 0.15) is 33.6 Å². The summed E-state index contributed by atoms with van der Waals surface area (Å²) in [6, 6.07) is 0. The van der Waals surface area contributed by atoms with Gasteiger partial charge in [-0.25, -0.2) is 0 Å². The molecule has 0 atom stereocenters. The number of nitrogens with one attached hydrogen (secondary N) is 1. The third kappa shape index (κ3) is 3.57. The van der Waals surface area contributed by atoms with Gasteiger partial charge < -0.3 is 5.32 Å². The van der Waals surface area contributed by atoms with Gasteiger partial charge in [-0.1, -0.05) is 12.2 Å². The van der Waals surface area contributed by atoms with Crippen LogP contribution in [0.15, 0.2) is 12.2 Å². The monoisotopic (exact) mass is 153 g/mol. The summed E-state index contributed by atoms with van der Waals surface area (Å²) in [5, 5.41) is 3.52. The Morgan fingerprint density at radius 3 is 2.27 bits per heavy atom. The van der Waals surface area contributed by atoms with Crippen LogP contribution in [0.25, 0.3) is 0 Å². The maximum absolute atomic E-state index is 3.52. The zero-order valence-corrected chi connectivity index (χ0v) is 7.85. The Balaban J connectivity index is 2.13. The molecule has 0 fully saturated rings. The van der Waals surface area contributed by atoms with Crippen LogP contribution in [-0.2, 0) is 0 Å². The molecule has 0 saturated heterocycles. The Labute approximate surface area is 69.9 Å². The molecule has 1 rings (SSSR count). The quantitative estimate of drug-likeness (QED) is 0.600. The third-order valence-electron chi connectivity index (χ3n) is 2.03. The Hall–Kier alpha value is -0.300. The van der Waals surface area contributed by atoms with Gasteiger partial charge in [0.15, 0.2) is 0 Å². The van der Waals surface area contributed by atoms with Crippen LogP contribution in [0.5, 0.6) is 0 Å². The van der Waals surface area contributed by atoms with Gasteiger partial charge in [-0.05, 0) is 46.1 Å². The molecule has 0 aromatic rings. The third-order valence-corrected chi connectivity index (χ3v) is 2.03. The minimum atomic E-state index is 0.280. The molecule has 0 bridgehead atoms. The fraction of sp³-hybridized carbons (Fsp3) is 0.800. The average Bonchev–Trinajstić information content (AvgIpc) is 2.32. The molecule has 0 unspecified atom stereocenters. The second kappa shape index (κ2) is 3.40. The van der Waals surface area contributed by atoms with Crippen molar-refractivity contribution in [2.24, 2.45) is 5.92 Å². The van der Waals surface area contributed by atoms with E-state index in [0.29, 0.717) is 0 Å². The summed E-state index contributed by atoms with van der Waals surface area (Å²) in [5.74, 6) is 0.856. The van der Waals surface area contributed by atoms with E-state index < -0.39 is 0 Å². The molecule has 1 nitrogen and oxygen atoms in total. The molecular weight excluding hydrogens is 134 g/mol. The highest BCUT2D eigenvalue weighted by atomic mass is 14.9. The maximum Gasteiger partial charge on any atom is 0.00966 e. The van der Waals surface area contributed by atoms with E-state index in [0.717, 1.165) is 12.5 Å². The van der Waals surface area contributed by atoms with E-state index in [1.54, 1.807) is 0 Å². The van der Waals surface area contributed by atoms with Crippen LogP contribution in [0.2, 0.25) is 0 Å². The summed E-state index contributed by atoms with van der Waals surface area (Å²) in [5.41, 5.74) is 0.280. The molecule has 0 aromatic carbocycles. The molecule has 0 saturated carbocycles. The number of hydrogen-bond donors (Lipinski definition) is 1. The highest BCUT2D eigenvalue weighted by Crippen LogP contribution is 2.17. The Morgan fingerprint density at radius 2 is 1.82 bits per heavy atom. The van der Waals surface area contributed by atoms with Crippen LogP contribution < -0.4 is 5.32 Å². The Kier molecular flexibility index (Phi) is 2.72. The van der Waals surface area contributed by atoms with E-state index >= 15 is 0 Å². The molecule has 11 heavy (non-hydrogen) atoms. The highest BCUT2D eigenvalue weighted by molar-refractivity contribution is 4.95. The molecule has 0 heterocycles. The molecule has 0 aromatic heterocycles. The first-order valence-corrected chi connectivity index (χ1v) is 4.48. The van der Waals surface area contributed by atoms with Crippen LogP contribution >= 0.6 is 0 Å². The lowest BCUT2D eigenvalue weighted by Gasteiger charge is -2.22. The van der Waals surface area contributed by atoms with Gasteiger partial charge in [-0.15, -0.1) is 0 Å². The predicted molar refractivity (Wildman–Crippen MR) is 49.6 cm³/mol. The largest absolute Gasteiger partial charge is 0.312 e. The van der Waals surface area contributed by atoms with Gasteiger partial charge in [0.2, 0.25) is 0 Å². The van der Waals surface area contributed by atoms with Crippen LogP contribution in [0.4, 0.5) is 0 Å². The summed E-state index contributed by atoms with van der Waals surface area (Å²) < 4.78 is 0. The van der Waals surface area contributed by atoms with Crippen molar-refractivity contribution in [1.29, 1.82) is 0 Å². The fourth-order valence-electron chi connectivity index (χ4n) is 1.29. The number of rotatable bonds is 2. The van der Waals surface area contributed by atoms with E-state index in [-0.39, 0.29) is 5.54 Å². The lowest BCUT2D eigenvalue weighted by Crippen LogP contribution is -2.38. The van der Waals surface area contributed by atoms with Gasteiger partial charge in [0.25, 0.3) is 0 Å². The van der Waals surface area contributed by atoms with Gasteiger partial charge in [0.1, 0.15) is 0 Å². The molecule has 0 radical (unpaired) electrons.